The second-order valence-corrected chi connectivity index (χ2v) is 9.17. The van der Waals surface area contributed by atoms with E-state index in [1.807, 2.05) is 30.3 Å². The number of nitrogens with one attached hydrogen (secondary N) is 2. The fourth-order valence-electron chi connectivity index (χ4n) is 4.11. The molecule has 9 nitrogen and oxygen atoms in total. The van der Waals surface area contributed by atoms with Gasteiger partial charge in [0, 0.05) is 17.7 Å². The average molecular weight is 507 g/mol. The summed E-state index contributed by atoms with van der Waals surface area (Å²) in [5, 5.41) is 7.20. The normalized spacial score (nSPS) is 16.9. The van der Waals surface area contributed by atoms with Crippen molar-refractivity contribution in [3.8, 4) is 5.75 Å². The second-order valence-electron chi connectivity index (χ2n) is 8.31. The molecule has 0 unspecified atom stereocenters. The number of imide groups is 1. The number of carbonyl (C=O) groups excluding carboxylic acids is 4. The van der Waals surface area contributed by atoms with Crippen LogP contribution in [0.2, 0.25) is 0 Å². The van der Waals surface area contributed by atoms with E-state index in [4.69, 9.17) is 4.74 Å². The Labute approximate surface area is 212 Å². The average Bonchev–Trinajstić information content (AvgIpc) is 3.48. The summed E-state index contributed by atoms with van der Waals surface area (Å²) >= 11 is 1.11. The van der Waals surface area contributed by atoms with E-state index in [1.165, 1.54) is 7.11 Å². The quantitative estimate of drug-likeness (QED) is 0.333. The molecule has 36 heavy (non-hydrogen) atoms. The van der Waals surface area contributed by atoms with Crippen LogP contribution in [0.1, 0.15) is 53.8 Å². The van der Waals surface area contributed by atoms with Gasteiger partial charge < -0.3 is 15.4 Å². The number of nitrogens with zero attached hydrogens (tertiary/aromatic N) is 2. The number of hydrogen-bond donors (Lipinski definition) is 2. The van der Waals surface area contributed by atoms with Crippen molar-refractivity contribution in [3.05, 3.63) is 76.8 Å². The lowest BCUT2D eigenvalue weighted by Crippen LogP contribution is -2.50. The molecular weight excluding hydrogens is 480 g/mol. The van der Waals surface area contributed by atoms with Crippen LogP contribution in [0.15, 0.2) is 60.0 Å². The molecule has 0 bridgehead atoms. The van der Waals surface area contributed by atoms with Gasteiger partial charge in [-0.15, -0.1) is 11.3 Å². The Kier molecular flexibility index (Phi) is 7.44. The van der Waals surface area contributed by atoms with Crippen LogP contribution in [0.4, 0.5) is 9.93 Å². The maximum absolute atomic E-state index is 13.6. The predicted octanol–water partition coefficient (Wildman–Crippen LogP) is 4.15. The fourth-order valence-corrected chi connectivity index (χ4v) is 4.82. The van der Waals surface area contributed by atoms with Crippen LogP contribution >= 0.6 is 11.3 Å². The van der Waals surface area contributed by atoms with Crippen molar-refractivity contribution in [2.45, 2.75) is 38.3 Å². The van der Waals surface area contributed by atoms with Gasteiger partial charge in [0.25, 0.3) is 5.91 Å². The molecule has 3 atom stereocenters. The molecule has 0 radical (unpaired) electrons. The van der Waals surface area contributed by atoms with Gasteiger partial charge in [-0.2, -0.15) is 0 Å². The number of ether oxygens (including phenoxy) is 1. The minimum Gasteiger partial charge on any atom is -0.497 e. The highest BCUT2D eigenvalue weighted by Crippen LogP contribution is 2.32. The number of amides is 4. The largest absolute Gasteiger partial charge is 0.497 e. The zero-order valence-electron chi connectivity index (χ0n) is 20.1. The van der Waals surface area contributed by atoms with Crippen LogP contribution < -0.4 is 15.4 Å². The third kappa shape index (κ3) is 4.99. The molecule has 4 rings (SSSR count). The highest BCUT2D eigenvalue weighted by Gasteiger charge is 2.47. The Balaban J connectivity index is 1.65. The summed E-state index contributed by atoms with van der Waals surface area (Å²) in [5.41, 5.74) is 1.62. The fraction of sp³-hybridized carbons (Fsp3) is 0.269. The van der Waals surface area contributed by atoms with E-state index in [0.29, 0.717) is 17.7 Å². The van der Waals surface area contributed by atoms with E-state index in [-0.39, 0.29) is 16.6 Å². The standard InChI is InChI=1S/C26H26N4O5S/c1-4-20(31)19-14-36-25(27-19)29-23(32)22(15(2)16-8-6-5-7-9-16)30-24(33)21(28-26(30)34)17-10-12-18(35-3)13-11-17/h5-15,21-22H,4H2,1-3H3,(H,28,34)(H,27,29,32)/t15-,21+,22-/m0/s1. The van der Waals surface area contributed by atoms with Crippen molar-refractivity contribution in [2.24, 2.45) is 0 Å². The van der Waals surface area contributed by atoms with E-state index < -0.39 is 35.8 Å². The summed E-state index contributed by atoms with van der Waals surface area (Å²) in [6.07, 6.45) is 0.292. The number of Topliss-reactive ketones (excluding diaryl/α,β-unsaturated/α-hetero) is 1. The van der Waals surface area contributed by atoms with Crippen molar-refractivity contribution < 1.29 is 23.9 Å². The number of carbonyl (C=O) groups is 4. The lowest BCUT2D eigenvalue weighted by molar-refractivity contribution is -0.134. The van der Waals surface area contributed by atoms with Crippen molar-refractivity contribution in [1.82, 2.24) is 15.2 Å². The molecule has 1 fully saturated rings. The van der Waals surface area contributed by atoms with E-state index in [1.54, 1.807) is 43.5 Å². The highest BCUT2D eigenvalue weighted by molar-refractivity contribution is 7.14. The Hall–Kier alpha value is -4.05. The summed E-state index contributed by atoms with van der Waals surface area (Å²) in [6, 6.07) is 13.2. The first-order chi connectivity index (χ1) is 17.3. The number of anilines is 1. The SMILES string of the molecule is CCC(=O)c1csc(NC(=O)[C@H]([C@@H](C)c2ccccc2)N2C(=O)N[C@H](c3ccc(OC)cc3)C2=O)n1. The van der Waals surface area contributed by atoms with Crippen LogP contribution in [0.5, 0.6) is 5.75 Å². The summed E-state index contributed by atoms with van der Waals surface area (Å²) in [6.45, 7) is 3.52. The van der Waals surface area contributed by atoms with E-state index in [9.17, 15) is 19.2 Å². The number of rotatable bonds is 9. The van der Waals surface area contributed by atoms with Gasteiger partial charge in [0.05, 0.1) is 7.11 Å². The van der Waals surface area contributed by atoms with Crippen LogP contribution in [-0.2, 0) is 9.59 Å². The van der Waals surface area contributed by atoms with Gasteiger partial charge in [0.2, 0.25) is 5.91 Å². The van der Waals surface area contributed by atoms with E-state index in [2.05, 4.69) is 15.6 Å². The van der Waals surface area contributed by atoms with Gasteiger partial charge in [-0.1, -0.05) is 56.3 Å². The number of thiazole rings is 1. The van der Waals surface area contributed by atoms with Gasteiger partial charge in [-0.3, -0.25) is 14.4 Å². The third-order valence-corrected chi connectivity index (χ3v) is 6.86. The molecule has 2 N–H and O–H groups in total. The van der Waals surface area contributed by atoms with E-state index >= 15 is 0 Å². The number of benzene rings is 2. The number of hydrogen-bond acceptors (Lipinski definition) is 7. The van der Waals surface area contributed by atoms with Crippen LogP contribution in [0.25, 0.3) is 0 Å². The molecule has 0 spiro atoms. The first-order valence-electron chi connectivity index (χ1n) is 11.5. The Morgan fingerprint density at radius 2 is 1.83 bits per heavy atom. The number of aromatic nitrogens is 1. The molecule has 1 saturated heterocycles. The van der Waals surface area contributed by atoms with Gasteiger partial charge in [-0.25, -0.2) is 14.7 Å². The number of methoxy groups -OCH3 is 1. The number of urea groups is 1. The Morgan fingerprint density at radius 1 is 1.14 bits per heavy atom. The highest BCUT2D eigenvalue weighted by atomic mass is 32.1. The molecule has 1 aliphatic rings. The maximum Gasteiger partial charge on any atom is 0.325 e. The zero-order valence-corrected chi connectivity index (χ0v) is 20.9. The minimum absolute atomic E-state index is 0.141. The molecule has 186 valence electrons. The number of ketones is 1. The smallest absolute Gasteiger partial charge is 0.325 e. The first kappa shape index (κ1) is 25.1. The molecule has 10 heteroatoms. The zero-order chi connectivity index (χ0) is 25.8. The predicted molar refractivity (Wildman–Crippen MR) is 135 cm³/mol. The molecule has 4 amide bonds. The van der Waals surface area contributed by atoms with Crippen LogP contribution in [0.3, 0.4) is 0 Å². The topological polar surface area (TPSA) is 118 Å². The molecule has 1 aromatic heterocycles. The first-order valence-corrected chi connectivity index (χ1v) is 12.3. The van der Waals surface area contributed by atoms with Gasteiger partial charge in [-0.05, 0) is 23.3 Å². The Bertz CT molecular complexity index is 1280. The molecular formula is C26H26N4O5S. The summed E-state index contributed by atoms with van der Waals surface area (Å²) in [7, 11) is 1.54. The molecule has 2 aromatic carbocycles. The second kappa shape index (κ2) is 10.7. The summed E-state index contributed by atoms with van der Waals surface area (Å²) in [5.74, 6) is -1.15. The minimum atomic E-state index is -1.16. The van der Waals surface area contributed by atoms with Crippen molar-refractivity contribution in [3.63, 3.8) is 0 Å². The maximum atomic E-state index is 13.6. The van der Waals surface area contributed by atoms with Crippen molar-refractivity contribution in [1.29, 1.82) is 0 Å². The third-order valence-electron chi connectivity index (χ3n) is 6.11. The monoisotopic (exact) mass is 506 g/mol. The molecule has 3 aromatic rings. The van der Waals surface area contributed by atoms with Crippen LogP contribution in [-0.4, -0.2) is 46.7 Å². The molecule has 1 aliphatic heterocycles. The van der Waals surface area contributed by atoms with Crippen LogP contribution in [0, 0.1) is 0 Å². The van der Waals surface area contributed by atoms with Gasteiger partial charge in [0.15, 0.2) is 10.9 Å². The summed E-state index contributed by atoms with van der Waals surface area (Å²) < 4.78 is 5.17. The Morgan fingerprint density at radius 3 is 2.47 bits per heavy atom. The lowest BCUT2D eigenvalue weighted by Gasteiger charge is -2.29. The molecule has 2 heterocycles. The molecule has 0 saturated carbocycles. The lowest BCUT2D eigenvalue weighted by atomic mass is 9.91. The van der Waals surface area contributed by atoms with Gasteiger partial charge >= 0.3 is 6.03 Å². The van der Waals surface area contributed by atoms with Crippen molar-refractivity contribution in [2.75, 3.05) is 12.4 Å². The summed E-state index contributed by atoms with van der Waals surface area (Å²) in [4.78, 5) is 57.3. The molecule has 0 aliphatic carbocycles. The van der Waals surface area contributed by atoms with Gasteiger partial charge in [0.1, 0.15) is 23.5 Å². The van der Waals surface area contributed by atoms with Crippen molar-refractivity contribution >= 4 is 40.1 Å². The van der Waals surface area contributed by atoms with E-state index in [0.717, 1.165) is 21.8 Å².